The van der Waals surface area contributed by atoms with Crippen molar-refractivity contribution in [1.29, 1.82) is 0 Å². The van der Waals surface area contributed by atoms with Gasteiger partial charge >= 0.3 is 0 Å². The molecule has 5 heteroatoms. The van der Waals surface area contributed by atoms with Crippen molar-refractivity contribution in [2.75, 3.05) is 6.54 Å². The van der Waals surface area contributed by atoms with Gasteiger partial charge in [0, 0.05) is 33.2 Å². The summed E-state index contributed by atoms with van der Waals surface area (Å²) in [6.07, 6.45) is 2.99. The molecule has 2 atom stereocenters. The van der Waals surface area contributed by atoms with Gasteiger partial charge in [-0.1, -0.05) is 19.9 Å². The number of hydrogen-bond donors (Lipinski definition) is 1. The van der Waals surface area contributed by atoms with Gasteiger partial charge in [-0.3, -0.25) is 4.98 Å². The summed E-state index contributed by atoms with van der Waals surface area (Å²) in [6.45, 7) is 5.43. The first-order valence-corrected chi connectivity index (χ1v) is 9.12. The number of halogens is 2. The van der Waals surface area contributed by atoms with Crippen molar-refractivity contribution < 1.29 is 0 Å². The van der Waals surface area contributed by atoms with Gasteiger partial charge in [-0.25, -0.2) is 0 Å². The van der Waals surface area contributed by atoms with Crippen molar-refractivity contribution in [3.05, 3.63) is 49.3 Å². The molecule has 2 heterocycles. The zero-order chi connectivity index (χ0) is 14.5. The molecule has 0 aromatic carbocycles. The first-order chi connectivity index (χ1) is 9.63. The average Bonchev–Trinajstić information content (AvgIpc) is 2.79. The number of thiophene rings is 1. The highest BCUT2D eigenvalue weighted by molar-refractivity contribution is 9.13. The molecule has 2 aromatic heterocycles. The molecule has 0 amide bonds. The van der Waals surface area contributed by atoms with E-state index >= 15 is 0 Å². The Morgan fingerprint density at radius 2 is 2.15 bits per heavy atom. The van der Waals surface area contributed by atoms with Crippen molar-refractivity contribution in [1.82, 2.24) is 10.3 Å². The summed E-state index contributed by atoms with van der Waals surface area (Å²) >= 11 is 8.94. The molecule has 0 bridgehead atoms. The van der Waals surface area contributed by atoms with Crippen LogP contribution in [0.4, 0.5) is 0 Å². The second kappa shape index (κ2) is 7.69. The fraction of sp³-hybridized carbons (Fsp3) is 0.400. The minimum absolute atomic E-state index is 0.289. The molecule has 108 valence electrons. The number of nitrogens with one attached hydrogen (secondary N) is 1. The fourth-order valence-corrected chi connectivity index (χ4v) is 4.43. The van der Waals surface area contributed by atoms with E-state index in [0.717, 1.165) is 26.9 Å². The fourth-order valence-electron chi connectivity index (χ4n) is 2.16. The van der Waals surface area contributed by atoms with Gasteiger partial charge in [0.15, 0.2) is 0 Å². The van der Waals surface area contributed by atoms with Gasteiger partial charge in [-0.05, 0) is 63.0 Å². The highest BCUT2D eigenvalue weighted by atomic mass is 79.9. The van der Waals surface area contributed by atoms with Gasteiger partial charge in [-0.15, -0.1) is 11.3 Å². The summed E-state index contributed by atoms with van der Waals surface area (Å²) in [7, 11) is 0. The lowest BCUT2D eigenvalue weighted by molar-refractivity contribution is 0.466. The molecule has 0 saturated heterocycles. The van der Waals surface area contributed by atoms with Crippen molar-refractivity contribution in [3.63, 3.8) is 0 Å². The molecule has 20 heavy (non-hydrogen) atoms. The highest BCUT2D eigenvalue weighted by Crippen LogP contribution is 2.39. The summed E-state index contributed by atoms with van der Waals surface area (Å²) in [6, 6.07) is 8.60. The third-order valence-corrected chi connectivity index (χ3v) is 6.58. The van der Waals surface area contributed by atoms with Crippen LogP contribution in [-0.4, -0.2) is 11.5 Å². The lowest BCUT2D eigenvalue weighted by Gasteiger charge is -2.24. The lowest BCUT2D eigenvalue weighted by atomic mass is 9.96. The van der Waals surface area contributed by atoms with Gasteiger partial charge in [0.2, 0.25) is 0 Å². The van der Waals surface area contributed by atoms with Crippen LogP contribution < -0.4 is 5.32 Å². The second-order valence-electron chi connectivity index (χ2n) is 4.75. The Morgan fingerprint density at radius 3 is 2.70 bits per heavy atom. The summed E-state index contributed by atoms with van der Waals surface area (Å²) in [5.41, 5.74) is 1.13. The van der Waals surface area contributed by atoms with Crippen molar-refractivity contribution in [2.45, 2.75) is 32.2 Å². The van der Waals surface area contributed by atoms with Gasteiger partial charge in [0.05, 0.1) is 3.79 Å². The first kappa shape index (κ1) is 16.1. The maximum absolute atomic E-state index is 4.50. The molecule has 2 rings (SSSR count). The molecule has 0 aliphatic rings. The Kier molecular flexibility index (Phi) is 6.20. The minimum atomic E-state index is 0.289. The number of hydrogen-bond acceptors (Lipinski definition) is 3. The van der Waals surface area contributed by atoms with Crippen LogP contribution in [0.1, 0.15) is 42.8 Å². The van der Waals surface area contributed by atoms with E-state index in [1.165, 1.54) is 4.88 Å². The van der Waals surface area contributed by atoms with Crippen LogP contribution in [0, 0.1) is 0 Å². The summed E-state index contributed by atoms with van der Waals surface area (Å²) in [5.74, 6) is 0.334. The van der Waals surface area contributed by atoms with Crippen LogP contribution in [0.3, 0.4) is 0 Å². The van der Waals surface area contributed by atoms with Crippen LogP contribution in [-0.2, 0) is 0 Å². The molecule has 2 unspecified atom stereocenters. The zero-order valence-corrected chi connectivity index (χ0v) is 15.6. The molecule has 0 radical (unpaired) electrons. The predicted molar refractivity (Wildman–Crippen MR) is 93.4 cm³/mol. The van der Waals surface area contributed by atoms with Crippen molar-refractivity contribution >= 4 is 43.2 Å². The van der Waals surface area contributed by atoms with E-state index in [4.69, 9.17) is 0 Å². The third-order valence-electron chi connectivity index (χ3n) is 3.24. The topological polar surface area (TPSA) is 24.9 Å². The van der Waals surface area contributed by atoms with E-state index in [9.17, 15) is 0 Å². The van der Waals surface area contributed by atoms with Crippen LogP contribution in [0.25, 0.3) is 0 Å². The van der Waals surface area contributed by atoms with E-state index in [1.54, 1.807) is 11.3 Å². The van der Waals surface area contributed by atoms with Crippen LogP contribution in [0.5, 0.6) is 0 Å². The van der Waals surface area contributed by atoms with Gasteiger partial charge in [0.1, 0.15) is 0 Å². The van der Waals surface area contributed by atoms with Crippen molar-refractivity contribution in [3.8, 4) is 0 Å². The normalized spacial score (nSPS) is 14.2. The summed E-state index contributed by atoms with van der Waals surface area (Å²) in [4.78, 5) is 5.83. The standard InChI is InChI=1S/C15H18Br2N2S/c1-3-7-19-14(13-9-11(16)15(17)20-13)10(2)12-6-4-5-8-18-12/h4-6,8-10,14,19H,3,7H2,1-2H3. The molecule has 0 aliphatic carbocycles. The summed E-state index contributed by atoms with van der Waals surface area (Å²) < 4.78 is 2.26. The Labute approximate surface area is 141 Å². The molecule has 0 aliphatic heterocycles. The van der Waals surface area contributed by atoms with E-state index < -0.39 is 0 Å². The Balaban J connectivity index is 2.27. The maximum atomic E-state index is 4.50. The lowest BCUT2D eigenvalue weighted by Crippen LogP contribution is -2.26. The number of pyridine rings is 1. The Hall–Kier alpha value is -0.230. The van der Waals surface area contributed by atoms with Crippen LogP contribution in [0.2, 0.25) is 0 Å². The van der Waals surface area contributed by atoms with Gasteiger partial charge in [-0.2, -0.15) is 0 Å². The van der Waals surface area contributed by atoms with E-state index in [0.29, 0.717) is 5.92 Å². The predicted octanol–water partition coefficient (Wildman–Crippen LogP) is 5.51. The highest BCUT2D eigenvalue weighted by Gasteiger charge is 2.23. The number of rotatable bonds is 6. The van der Waals surface area contributed by atoms with Crippen molar-refractivity contribution in [2.24, 2.45) is 0 Å². The third kappa shape index (κ3) is 3.91. The van der Waals surface area contributed by atoms with Gasteiger partial charge < -0.3 is 5.32 Å². The van der Waals surface area contributed by atoms with Crippen LogP contribution >= 0.6 is 43.2 Å². The molecule has 1 N–H and O–H groups in total. The quantitative estimate of drug-likeness (QED) is 0.669. The van der Waals surface area contributed by atoms with Gasteiger partial charge in [0.25, 0.3) is 0 Å². The van der Waals surface area contributed by atoms with E-state index in [2.05, 4.69) is 74.2 Å². The van der Waals surface area contributed by atoms with E-state index in [1.807, 2.05) is 12.3 Å². The zero-order valence-electron chi connectivity index (χ0n) is 11.6. The Morgan fingerprint density at radius 1 is 1.35 bits per heavy atom. The summed E-state index contributed by atoms with van der Waals surface area (Å²) in [5, 5.41) is 3.65. The molecular formula is C15H18Br2N2S. The first-order valence-electron chi connectivity index (χ1n) is 6.72. The number of aromatic nitrogens is 1. The molecular weight excluding hydrogens is 400 g/mol. The van der Waals surface area contributed by atoms with Crippen LogP contribution in [0.15, 0.2) is 38.7 Å². The smallest absolute Gasteiger partial charge is 0.0843 e. The molecule has 2 nitrogen and oxygen atoms in total. The minimum Gasteiger partial charge on any atom is -0.309 e. The maximum Gasteiger partial charge on any atom is 0.0843 e. The van der Waals surface area contributed by atoms with E-state index in [-0.39, 0.29) is 6.04 Å². The number of nitrogens with zero attached hydrogens (tertiary/aromatic N) is 1. The SMILES string of the molecule is CCCNC(c1cc(Br)c(Br)s1)C(C)c1ccccn1. The average molecular weight is 418 g/mol. The molecule has 2 aromatic rings. The molecule has 0 saturated carbocycles. The molecule has 0 fully saturated rings. The largest absolute Gasteiger partial charge is 0.309 e. The molecule has 0 spiro atoms. The Bertz CT molecular complexity index is 523. The second-order valence-corrected chi connectivity index (χ2v) is 8.00. The monoisotopic (exact) mass is 416 g/mol.